The van der Waals surface area contributed by atoms with Gasteiger partial charge < -0.3 is 14.8 Å². The molecule has 154 valence electrons. The van der Waals surface area contributed by atoms with E-state index < -0.39 is 0 Å². The van der Waals surface area contributed by atoms with Crippen LogP contribution in [0.15, 0.2) is 60.9 Å². The van der Waals surface area contributed by atoms with Crippen molar-refractivity contribution in [3.63, 3.8) is 0 Å². The summed E-state index contributed by atoms with van der Waals surface area (Å²) in [4.78, 5) is 21.0. The SMILES string of the molecule is COc1ccc(Oc2ncc(-c3ccc(C(=O)NC4CCCCC4)cc3)cn2)cc1. The maximum Gasteiger partial charge on any atom is 0.321 e. The molecule has 6 heteroatoms. The van der Waals surface area contributed by atoms with Gasteiger partial charge in [0.25, 0.3) is 5.91 Å². The number of hydrogen-bond donors (Lipinski definition) is 1. The van der Waals surface area contributed by atoms with E-state index in [9.17, 15) is 4.79 Å². The van der Waals surface area contributed by atoms with Crippen molar-refractivity contribution >= 4 is 5.91 Å². The molecule has 6 nitrogen and oxygen atoms in total. The first-order chi connectivity index (χ1) is 14.7. The molecule has 0 spiro atoms. The molecule has 1 aliphatic rings. The van der Waals surface area contributed by atoms with Gasteiger partial charge in [-0.3, -0.25) is 4.79 Å². The second-order valence-corrected chi connectivity index (χ2v) is 7.42. The van der Waals surface area contributed by atoms with Gasteiger partial charge >= 0.3 is 6.01 Å². The maximum atomic E-state index is 12.5. The number of benzene rings is 2. The van der Waals surface area contributed by atoms with Gasteiger partial charge in [0.15, 0.2) is 0 Å². The summed E-state index contributed by atoms with van der Waals surface area (Å²) in [5.41, 5.74) is 2.47. The van der Waals surface area contributed by atoms with Gasteiger partial charge in [0.05, 0.1) is 7.11 Å². The lowest BCUT2D eigenvalue weighted by atomic mass is 9.95. The number of carbonyl (C=O) groups excluding carboxylic acids is 1. The van der Waals surface area contributed by atoms with Crippen LogP contribution in [-0.4, -0.2) is 29.0 Å². The smallest absolute Gasteiger partial charge is 0.321 e. The second kappa shape index (κ2) is 9.39. The summed E-state index contributed by atoms with van der Waals surface area (Å²) in [6, 6.07) is 15.3. The number of nitrogens with zero attached hydrogens (tertiary/aromatic N) is 2. The molecule has 1 aliphatic carbocycles. The van der Waals surface area contributed by atoms with E-state index in [1.54, 1.807) is 31.6 Å². The Bertz CT molecular complexity index is 964. The van der Waals surface area contributed by atoms with Crippen molar-refractivity contribution in [1.29, 1.82) is 0 Å². The van der Waals surface area contributed by atoms with E-state index >= 15 is 0 Å². The van der Waals surface area contributed by atoms with Crippen LogP contribution in [0.5, 0.6) is 17.5 Å². The van der Waals surface area contributed by atoms with E-state index in [1.807, 2.05) is 36.4 Å². The molecule has 0 bridgehead atoms. The lowest BCUT2D eigenvalue weighted by molar-refractivity contribution is 0.0927. The molecule has 2 aromatic carbocycles. The molecule has 1 saturated carbocycles. The number of methoxy groups -OCH3 is 1. The summed E-state index contributed by atoms with van der Waals surface area (Å²) < 4.78 is 10.8. The molecule has 1 N–H and O–H groups in total. The molecule has 1 aromatic heterocycles. The number of carbonyl (C=O) groups is 1. The Hall–Kier alpha value is -3.41. The van der Waals surface area contributed by atoms with E-state index in [0.717, 1.165) is 29.7 Å². The van der Waals surface area contributed by atoms with Crippen LogP contribution in [0.4, 0.5) is 0 Å². The summed E-state index contributed by atoms with van der Waals surface area (Å²) in [6.07, 6.45) is 9.24. The summed E-state index contributed by atoms with van der Waals surface area (Å²) in [7, 11) is 1.62. The Balaban J connectivity index is 1.38. The fourth-order valence-corrected chi connectivity index (χ4v) is 3.60. The highest BCUT2D eigenvalue weighted by molar-refractivity contribution is 5.94. The number of aromatic nitrogens is 2. The van der Waals surface area contributed by atoms with Gasteiger partial charge in [-0.1, -0.05) is 31.4 Å². The molecule has 1 heterocycles. The minimum absolute atomic E-state index is 0.00654. The first kappa shape index (κ1) is 19.9. The molecular formula is C24H25N3O3. The fourth-order valence-electron chi connectivity index (χ4n) is 3.60. The van der Waals surface area contributed by atoms with Gasteiger partial charge in [-0.25, -0.2) is 9.97 Å². The third kappa shape index (κ3) is 4.95. The van der Waals surface area contributed by atoms with Crippen LogP contribution in [0, 0.1) is 0 Å². The van der Waals surface area contributed by atoms with Crippen molar-refractivity contribution in [1.82, 2.24) is 15.3 Å². The van der Waals surface area contributed by atoms with Gasteiger partial charge in [0.1, 0.15) is 11.5 Å². The number of hydrogen-bond acceptors (Lipinski definition) is 5. The molecule has 0 aliphatic heterocycles. The molecule has 0 radical (unpaired) electrons. The Morgan fingerprint density at radius 1 is 0.867 bits per heavy atom. The molecule has 0 saturated heterocycles. The zero-order valence-electron chi connectivity index (χ0n) is 17.0. The van der Waals surface area contributed by atoms with Crippen LogP contribution in [0.3, 0.4) is 0 Å². The Labute approximate surface area is 176 Å². The molecule has 0 atom stereocenters. The van der Waals surface area contributed by atoms with Crippen LogP contribution in [-0.2, 0) is 0 Å². The van der Waals surface area contributed by atoms with Crippen molar-refractivity contribution in [3.05, 3.63) is 66.5 Å². The molecule has 3 aromatic rings. The van der Waals surface area contributed by atoms with Gasteiger partial charge in [-0.05, 0) is 54.8 Å². The largest absolute Gasteiger partial charge is 0.497 e. The first-order valence-electron chi connectivity index (χ1n) is 10.3. The van der Waals surface area contributed by atoms with Gasteiger partial charge in [-0.15, -0.1) is 0 Å². The highest BCUT2D eigenvalue weighted by atomic mass is 16.5. The van der Waals surface area contributed by atoms with Crippen molar-refractivity contribution in [2.24, 2.45) is 0 Å². The minimum Gasteiger partial charge on any atom is -0.497 e. The van der Waals surface area contributed by atoms with Crippen molar-refractivity contribution < 1.29 is 14.3 Å². The van der Waals surface area contributed by atoms with Crippen LogP contribution in [0.2, 0.25) is 0 Å². The minimum atomic E-state index is -0.00654. The monoisotopic (exact) mass is 403 g/mol. The zero-order valence-corrected chi connectivity index (χ0v) is 17.0. The lowest BCUT2D eigenvalue weighted by Gasteiger charge is -2.22. The molecular weight excluding hydrogens is 378 g/mol. The first-order valence-corrected chi connectivity index (χ1v) is 10.3. The molecule has 0 unspecified atom stereocenters. The summed E-state index contributed by atoms with van der Waals surface area (Å²) in [5, 5.41) is 3.14. The van der Waals surface area contributed by atoms with Crippen LogP contribution >= 0.6 is 0 Å². The third-order valence-electron chi connectivity index (χ3n) is 5.32. The predicted molar refractivity (Wildman–Crippen MR) is 115 cm³/mol. The van der Waals surface area contributed by atoms with Crippen LogP contribution < -0.4 is 14.8 Å². The number of amides is 1. The van der Waals surface area contributed by atoms with E-state index in [-0.39, 0.29) is 11.9 Å². The highest BCUT2D eigenvalue weighted by Crippen LogP contribution is 2.24. The lowest BCUT2D eigenvalue weighted by Crippen LogP contribution is -2.36. The van der Waals surface area contributed by atoms with Crippen LogP contribution in [0.25, 0.3) is 11.1 Å². The van der Waals surface area contributed by atoms with Crippen molar-refractivity contribution in [2.45, 2.75) is 38.1 Å². The van der Waals surface area contributed by atoms with Gasteiger partial charge in [0.2, 0.25) is 0 Å². The Morgan fingerprint density at radius 2 is 1.50 bits per heavy atom. The van der Waals surface area contributed by atoms with Gasteiger partial charge in [0, 0.05) is 29.6 Å². The van der Waals surface area contributed by atoms with Gasteiger partial charge in [-0.2, -0.15) is 0 Å². The average Bonchev–Trinajstić information content (AvgIpc) is 2.81. The zero-order chi connectivity index (χ0) is 20.8. The van der Waals surface area contributed by atoms with E-state index in [4.69, 9.17) is 9.47 Å². The predicted octanol–water partition coefficient (Wildman–Crippen LogP) is 5.01. The fraction of sp³-hybridized carbons (Fsp3) is 0.292. The standard InChI is InChI=1S/C24H25N3O3/c1-29-21-11-13-22(14-12-21)30-24-25-15-19(16-26-24)17-7-9-18(10-8-17)23(28)27-20-5-3-2-4-6-20/h7-16,20H,2-6H2,1H3,(H,27,28). The second-order valence-electron chi connectivity index (χ2n) is 7.42. The molecule has 30 heavy (non-hydrogen) atoms. The topological polar surface area (TPSA) is 73.3 Å². The van der Waals surface area contributed by atoms with E-state index in [2.05, 4.69) is 15.3 Å². The third-order valence-corrected chi connectivity index (χ3v) is 5.32. The number of nitrogens with one attached hydrogen (secondary N) is 1. The van der Waals surface area contributed by atoms with Crippen molar-refractivity contribution in [3.8, 4) is 28.6 Å². The quantitative estimate of drug-likeness (QED) is 0.626. The molecule has 1 amide bonds. The van der Waals surface area contributed by atoms with Crippen molar-refractivity contribution in [2.75, 3.05) is 7.11 Å². The summed E-state index contributed by atoms with van der Waals surface area (Å²) in [6.45, 7) is 0. The Morgan fingerprint density at radius 3 is 2.13 bits per heavy atom. The Kier molecular flexibility index (Phi) is 6.23. The average molecular weight is 403 g/mol. The maximum absolute atomic E-state index is 12.5. The number of rotatable bonds is 6. The normalized spacial score (nSPS) is 14.2. The van der Waals surface area contributed by atoms with E-state index in [1.165, 1.54) is 19.3 Å². The summed E-state index contributed by atoms with van der Waals surface area (Å²) >= 11 is 0. The summed E-state index contributed by atoms with van der Waals surface area (Å²) in [5.74, 6) is 1.39. The number of ether oxygens (including phenoxy) is 2. The highest BCUT2D eigenvalue weighted by Gasteiger charge is 2.16. The van der Waals surface area contributed by atoms with Crippen LogP contribution in [0.1, 0.15) is 42.5 Å². The molecule has 1 fully saturated rings. The molecule has 4 rings (SSSR count). The van der Waals surface area contributed by atoms with E-state index in [0.29, 0.717) is 17.4 Å².